The molecular formula is C14H15F2NO3. The zero-order valence-corrected chi connectivity index (χ0v) is 10.9. The predicted octanol–water partition coefficient (Wildman–Crippen LogP) is 2.08. The summed E-state index contributed by atoms with van der Waals surface area (Å²) in [5.41, 5.74) is 0. The van der Waals surface area contributed by atoms with Gasteiger partial charge in [0, 0.05) is 25.9 Å². The Balaban J connectivity index is 1.65. The van der Waals surface area contributed by atoms with E-state index in [0.717, 1.165) is 0 Å². The average Bonchev–Trinajstić information content (AvgIpc) is 2.46. The fourth-order valence-electron chi connectivity index (χ4n) is 2.40. The van der Waals surface area contributed by atoms with Gasteiger partial charge in [0.1, 0.15) is 6.61 Å². The number of hydrogen-bond donors (Lipinski definition) is 0. The fraction of sp³-hybridized carbons (Fsp3) is 0.500. The van der Waals surface area contributed by atoms with Gasteiger partial charge >= 0.3 is 0 Å². The third kappa shape index (κ3) is 2.55. The van der Waals surface area contributed by atoms with Crippen molar-refractivity contribution >= 4 is 5.91 Å². The minimum Gasteiger partial charge on any atom is -0.485 e. The fourth-order valence-corrected chi connectivity index (χ4v) is 2.40. The number of benzene rings is 1. The molecule has 0 saturated carbocycles. The van der Waals surface area contributed by atoms with Crippen molar-refractivity contribution in [3.63, 3.8) is 0 Å². The van der Waals surface area contributed by atoms with Crippen molar-refractivity contribution in [2.75, 3.05) is 19.7 Å². The van der Waals surface area contributed by atoms with E-state index in [9.17, 15) is 13.6 Å². The second-order valence-corrected chi connectivity index (χ2v) is 5.05. The number of likely N-dealkylation sites (tertiary alicyclic amines) is 1. The highest BCUT2D eigenvalue weighted by Crippen LogP contribution is 2.32. The molecule has 4 nitrogen and oxygen atoms in total. The third-order valence-corrected chi connectivity index (χ3v) is 3.59. The molecule has 0 N–H and O–H groups in total. The van der Waals surface area contributed by atoms with Crippen molar-refractivity contribution in [1.82, 2.24) is 4.90 Å². The molecule has 1 aromatic carbocycles. The number of carbonyl (C=O) groups is 1. The number of piperidine rings is 1. The molecule has 0 aliphatic carbocycles. The lowest BCUT2D eigenvalue weighted by atomic mass is 10.1. The summed E-state index contributed by atoms with van der Waals surface area (Å²) in [7, 11) is 0. The Bertz CT molecular complexity index is 511. The molecule has 1 fully saturated rings. The first kappa shape index (κ1) is 13.1. The Morgan fingerprint density at radius 1 is 1.20 bits per heavy atom. The minimum absolute atomic E-state index is 0.0628. The van der Waals surface area contributed by atoms with Crippen LogP contribution in [-0.4, -0.2) is 42.5 Å². The summed E-state index contributed by atoms with van der Waals surface area (Å²) in [4.78, 5) is 13.7. The molecule has 3 rings (SSSR count). The van der Waals surface area contributed by atoms with E-state index in [1.165, 1.54) is 4.90 Å². The molecule has 1 unspecified atom stereocenters. The maximum Gasteiger partial charge on any atom is 0.267 e. The van der Waals surface area contributed by atoms with Crippen molar-refractivity contribution in [3.05, 3.63) is 24.3 Å². The summed E-state index contributed by atoms with van der Waals surface area (Å²) in [5, 5.41) is 0. The minimum atomic E-state index is -2.66. The molecule has 0 radical (unpaired) electrons. The average molecular weight is 283 g/mol. The highest BCUT2D eigenvalue weighted by molar-refractivity contribution is 5.82. The summed E-state index contributed by atoms with van der Waals surface area (Å²) in [6, 6.07) is 7.09. The van der Waals surface area contributed by atoms with Gasteiger partial charge in [-0.2, -0.15) is 0 Å². The van der Waals surface area contributed by atoms with Crippen LogP contribution in [0.1, 0.15) is 12.8 Å². The number of ether oxygens (including phenoxy) is 2. The number of para-hydroxylation sites is 2. The molecular weight excluding hydrogens is 268 g/mol. The number of alkyl halides is 2. The van der Waals surface area contributed by atoms with Crippen molar-refractivity contribution in [3.8, 4) is 11.5 Å². The Kier molecular flexibility index (Phi) is 3.23. The largest absolute Gasteiger partial charge is 0.485 e. The van der Waals surface area contributed by atoms with Crippen LogP contribution in [0.3, 0.4) is 0 Å². The first-order chi connectivity index (χ1) is 9.55. The molecule has 1 amide bonds. The Morgan fingerprint density at radius 3 is 2.55 bits per heavy atom. The summed E-state index contributed by atoms with van der Waals surface area (Å²) >= 11 is 0. The molecule has 0 aromatic heterocycles. The molecule has 2 aliphatic rings. The first-order valence-electron chi connectivity index (χ1n) is 6.60. The van der Waals surface area contributed by atoms with Gasteiger partial charge in [-0.3, -0.25) is 4.79 Å². The van der Waals surface area contributed by atoms with Crippen LogP contribution in [0.4, 0.5) is 8.78 Å². The molecule has 0 bridgehead atoms. The summed E-state index contributed by atoms with van der Waals surface area (Å²) in [6.07, 6.45) is -1.33. The van der Waals surface area contributed by atoms with E-state index in [1.54, 1.807) is 18.2 Å². The number of amides is 1. The zero-order chi connectivity index (χ0) is 14.2. The van der Waals surface area contributed by atoms with Gasteiger partial charge in [0.05, 0.1) is 0 Å². The summed E-state index contributed by atoms with van der Waals surface area (Å²) in [6.45, 7) is 0.240. The molecule has 1 atom stereocenters. The van der Waals surface area contributed by atoms with Crippen LogP contribution in [0, 0.1) is 0 Å². The van der Waals surface area contributed by atoms with E-state index in [2.05, 4.69) is 0 Å². The van der Waals surface area contributed by atoms with Crippen LogP contribution in [0.25, 0.3) is 0 Å². The van der Waals surface area contributed by atoms with E-state index in [0.29, 0.717) is 11.5 Å². The number of rotatable bonds is 1. The van der Waals surface area contributed by atoms with Gasteiger partial charge in [0.15, 0.2) is 11.5 Å². The van der Waals surface area contributed by atoms with Crippen LogP contribution in [-0.2, 0) is 4.79 Å². The zero-order valence-electron chi connectivity index (χ0n) is 10.9. The standard InChI is InChI=1S/C14H15F2NO3/c15-14(16)5-7-17(8-6-14)13(18)12-9-19-10-3-1-2-4-11(10)20-12/h1-4,12H,5-9H2. The molecule has 6 heteroatoms. The van der Waals surface area contributed by atoms with Crippen LogP contribution < -0.4 is 9.47 Å². The van der Waals surface area contributed by atoms with Crippen LogP contribution >= 0.6 is 0 Å². The first-order valence-corrected chi connectivity index (χ1v) is 6.60. The van der Waals surface area contributed by atoms with E-state index in [1.807, 2.05) is 6.07 Å². The second-order valence-electron chi connectivity index (χ2n) is 5.05. The highest BCUT2D eigenvalue weighted by Gasteiger charge is 2.38. The van der Waals surface area contributed by atoms with Crippen molar-refractivity contribution in [2.24, 2.45) is 0 Å². The molecule has 2 heterocycles. The molecule has 1 aromatic rings. The molecule has 2 aliphatic heterocycles. The quantitative estimate of drug-likeness (QED) is 0.792. The van der Waals surface area contributed by atoms with Gasteiger partial charge in [-0.05, 0) is 12.1 Å². The van der Waals surface area contributed by atoms with Crippen LogP contribution in [0.5, 0.6) is 11.5 Å². The SMILES string of the molecule is O=C(C1COc2ccccc2O1)N1CCC(F)(F)CC1. The molecule has 1 saturated heterocycles. The van der Waals surface area contributed by atoms with Gasteiger partial charge in [-0.15, -0.1) is 0 Å². The van der Waals surface area contributed by atoms with Gasteiger partial charge < -0.3 is 14.4 Å². The van der Waals surface area contributed by atoms with Crippen molar-refractivity contribution in [2.45, 2.75) is 24.9 Å². The lowest BCUT2D eigenvalue weighted by Crippen LogP contribution is -2.50. The maximum atomic E-state index is 13.1. The monoisotopic (exact) mass is 283 g/mol. The molecule has 108 valence electrons. The Hall–Kier alpha value is -1.85. The summed E-state index contributed by atoms with van der Waals surface area (Å²) in [5.74, 6) is -1.83. The van der Waals surface area contributed by atoms with Crippen LogP contribution in [0.2, 0.25) is 0 Å². The number of hydrogen-bond acceptors (Lipinski definition) is 3. The van der Waals surface area contributed by atoms with E-state index in [4.69, 9.17) is 9.47 Å². The van der Waals surface area contributed by atoms with Gasteiger partial charge in [-0.1, -0.05) is 12.1 Å². The maximum absolute atomic E-state index is 13.1. The third-order valence-electron chi connectivity index (χ3n) is 3.59. The lowest BCUT2D eigenvalue weighted by Gasteiger charge is -2.35. The predicted molar refractivity (Wildman–Crippen MR) is 67.1 cm³/mol. The second kappa shape index (κ2) is 4.92. The summed E-state index contributed by atoms with van der Waals surface area (Å²) < 4.78 is 37.2. The molecule has 20 heavy (non-hydrogen) atoms. The number of fused-ring (bicyclic) bond motifs is 1. The van der Waals surface area contributed by atoms with Crippen LogP contribution in [0.15, 0.2) is 24.3 Å². The van der Waals surface area contributed by atoms with Crippen molar-refractivity contribution < 1.29 is 23.0 Å². The molecule has 0 spiro atoms. The van der Waals surface area contributed by atoms with E-state index >= 15 is 0 Å². The van der Waals surface area contributed by atoms with Gasteiger partial charge in [-0.25, -0.2) is 8.78 Å². The van der Waals surface area contributed by atoms with Crippen molar-refractivity contribution in [1.29, 1.82) is 0 Å². The number of carbonyl (C=O) groups excluding carboxylic acids is 1. The normalized spacial score (nSPS) is 24.3. The lowest BCUT2D eigenvalue weighted by molar-refractivity contribution is -0.147. The topological polar surface area (TPSA) is 38.8 Å². The Morgan fingerprint density at radius 2 is 1.85 bits per heavy atom. The number of halogens is 2. The van der Waals surface area contributed by atoms with E-state index in [-0.39, 0.29) is 38.4 Å². The Labute approximate surface area is 115 Å². The van der Waals surface area contributed by atoms with Gasteiger partial charge in [0.25, 0.3) is 11.8 Å². The smallest absolute Gasteiger partial charge is 0.267 e. The number of nitrogens with zero attached hydrogens (tertiary/aromatic N) is 1. The van der Waals surface area contributed by atoms with Gasteiger partial charge in [0.2, 0.25) is 6.10 Å². The highest BCUT2D eigenvalue weighted by atomic mass is 19.3. The van der Waals surface area contributed by atoms with E-state index < -0.39 is 12.0 Å².